The van der Waals surface area contributed by atoms with Crippen LogP contribution in [-0.2, 0) is 6.18 Å². The first kappa shape index (κ1) is 18.5. The van der Waals surface area contributed by atoms with Gasteiger partial charge >= 0.3 is 6.18 Å². The van der Waals surface area contributed by atoms with E-state index < -0.39 is 17.3 Å². The molecule has 2 aliphatic rings. The maximum absolute atomic E-state index is 13.4. The lowest BCUT2D eigenvalue weighted by Gasteiger charge is -2.44. The van der Waals surface area contributed by atoms with Crippen LogP contribution in [0.15, 0.2) is 48.5 Å². The molecule has 7 heteroatoms. The molecular formula is C21H18F3NO3. The van der Waals surface area contributed by atoms with Crippen LogP contribution < -0.4 is 4.74 Å². The number of amides is 1. The molecule has 0 aliphatic carbocycles. The Balaban J connectivity index is 1.56. The minimum atomic E-state index is -4.60. The smallest absolute Gasteiger partial charge is 0.419 e. The molecule has 0 unspecified atom stereocenters. The normalized spacial score (nSPS) is 18.5. The van der Waals surface area contributed by atoms with Gasteiger partial charge in [0.2, 0.25) is 0 Å². The van der Waals surface area contributed by atoms with Gasteiger partial charge in [-0.05, 0) is 24.3 Å². The average molecular weight is 389 g/mol. The highest BCUT2D eigenvalue weighted by Gasteiger charge is 2.47. The predicted molar refractivity (Wildman–Crippen MR) is 95.3 cm³/mol. The molecule has 0 atom stereocenters. The second-order valence-corrected chi connectivity index (χ2v) is 7.22. The molecule has 0 saturated carbocycles. The predicted octanol–water partition coefficient (Wildman–Crippen LogP) is 4.35. The lowest BCUT2D eigenvalue weighted by atomic mass is 9.81. The minimum Gasteiger partial charge on any atom is -0.485 e. The summed E-state index contributed by atoms with van der Waals surface area (Å²) < 4.78 is 46.0. The van der Waals surface area contributed by atoms with E-state index in [0.29, 0.717) is 31.5 Å². The minimum absolute atomic E-state index is 0.0225. The molecule has 2 aliphatic heterocycles. The Bertz CT molecular complexity index is 916. The van der Waals surface area contributed by atoms with E-state index in [1.165, 1.54) is 12.1 Å². The van der Waals surface area contributed by atoms with E-state index in [-0.39, 0.29) is 29.4 Å². The van der Waals surface area contributed by atoms with E-state index in [9.17, 15) is 22.8 Å². The van der Waals surface area contributed by atoms with E-state index in [2.05, 4.69) is 0 Å². The Morgan fingerprint density at radius 1 is 1.00 bits per heavy atom. The summed E-state index contributed by atoms with van der Waals surface area (Å²) in [6, 6.07) is 12.3. The van der Waals surface area contributed by atoms with Gasteiger partial charge in [0.15, 0.2) is 5.78 Å². The van der Waals surface area contributed by atoms with E-state index in [1.807, 2.05) is 6.07 Å². The summed E-state index contributed by atoms with van der Waals surface area (Å²) in [7, 11) is 0. The molecule has 2 aromatic rings. The molecule has 0 bridgehead atoms. The number of benzene rings is 2. The number of halogens is 3. The Hall–Kier alpha value is -2.83. The maximum atomic E-state index is 13.4. The number of carbonyl (C=O) groups excluding carboxylic acids is 2. The average Bonchev–Trinajstić information content (AvgIpc) is 2.67. The largest absolute Gasteiger partial charge is 0.485 e. The molecule has 4 nitrogen and oxygen atoms in total. The van der Waals surface area contributed by atoms with Crippen LogP contribution in [-0.4, -0.2) is 35.3 Å². The van der Waals surface area contributed by atoms with Gasteiger partial charge in [0, 0.05) is 31.5 Å². The van der Waals surface area contributed by atoms with E-state index >= 15 is 0 Å². The van der Waals surface area contributed by atoms with Crippen LogP contribution >= 0.6 is 0 Å². The van der Waals surface area contributed by atoms with Crippen LogP contribution in [0.4, 0.5) is 13.2 Å². The number of alkyl halides is 3. The van der Waals surface area contributed by atoms with E-state index in [0.717, 1.165) is 6.07 Å². The third-order valence-electron chi connectivity index (χ3n) is 5.40. The van der Waals surface area contributed by atoms with Gasteiger partial charge in [-0.25, -0.2) is 0 Å². The number of nitrogens with zero attached hydrogens (tertiary/aromatic N) is 1. The van der Waals surface area contributed by atoms with Crippen LogP contribution in [0.5, 0.6) is 5.75 Å². The monoisotopic (exact) mass is 389 g/mol. The third kappa shape index (κ3) is 3.25. The van der Waals surface area contributed by atoms with Crippen LogP contribution in [0, 0.1) is 0 Å². The van der Waals surface area contributed by atoms with Crippen molar-refractivity contribution in [1.82, 2.24) is 4.90 Å². The summed E-state index contributed by atoms with van der Waals surface area (Å²) in [4.78, 5) is 26.8. The lowest BCUT2D eigenvalue weighted by molar-refractivity contribution is -0.140. The number of hydrogen-bond acceptors (Lipinski definition) is 3. The van der Waals surface area contributed by atoms with Crippen LogP contribution in [0.2, 0.25) is 0 Å². The first-order valence-corrected chi connectivity index (χ1v) is 9.06. The van der Waals surface area contributed by atoms with Gasteiger partial charge in [0.05, 0.1) is 17.5 Å². The number of Topliss-reactive ketones (excluding diaryl/α,β-unsaturated/α-hetero) is 1. The van der Waals surface area contributed by atoms with Crippen LogP contribution in [0.3, 0.4) is 0 Å². The first-order valence-electron chi connectivity index (χ1n) is 9.06. The summed E-state index contributed by atoms with van der Waals surface area (Å²) in [6.45, 7) is 0.648. The molecule has 4 rings (SSSR count). The summed E-state index contributed by atoms with van der Waals surface area (Å²) in [5.74, 6) is -0.863. The summed E-state index contributed by atoms with van der Waals surface area (Å²) >= 11 is 0. The first-order chi connectivity index (χ1) is 13.3. The van der Waals surface area contributed by atoms with Crippen molar-refractivity contribution in [3.8, 4) is 5.75 Å². The van der Waals surface area contributed by atoms with Crippen LogP contribution in [0.1, 0.15) is 45.5 Å². The van der Waals surface area contributed by atoms with Gasteiger partial charge in [-0.3, -0.25) is 9.59 Å². The number of para-hydroxylation sites is 1. The van der Waals surface area contributed by atoms with Crippen molar-refractivity contribution < 1.29 is 27.5 Å². The van der Waals surface area contributed by atoms with Crippen molar-refractivity contribution in [2.75, 3.05) is 13.1 Å². The summed E-state index contributed by atoms with van der Waals surface area (Å²) in [5.41, 5.74) is -1.40. The van der Waals surface area contributed by atoms with E-state index in [1.54, 1.807) is 29.2 Å². The number of carbonyl (C=O) groups is 2. The van der Waals surface area contributed by atoms with Gasteiger partial charge in [0.1, 0.15) is 11.4 Å². The topological polar surface area (TPSA) is 46.6 Å². The zero-order valence-corrected chi connectivity index (χ0v) is 15.0. The Morgan fingerprint density at radius 2 is 1.68 bits per heavy atom. The van der Waals surface area contributed by atoms with Crippen molar-refractivity contribution in [2.45, 2.75) is 31.0 Å². The number of rotatable bonds is 1. The molecule has 1 amide bonds. The van der Waals surface area contributed by atoms with Crippen molar-refractivity contribution in [3.63, 3.8) is 0 Å². The van der Waals surface area contributed by atoms with Crippen molar-refractivity contribution in [2.24, 2.45) is 0 Å². The number of likely N-dealkylation sites (tertiary alicyclic amines) is 1. The molecule has 2 heterocycles. The maximum Gasteiger partial charge on any atom is 0.419 e. The zero-order chi connectivity index (χ0) is 19.9. The summed E-state index contributed by atoms with van der Waals surface area (Å²) in [5, 5.41) is 0. The fraction of sp³-hybridized carbons (Fsp3) is 0.333. The number of piperidine rings is 1. The van der Waals surface area contributed by atoms with Gasteiger partial charge in [-0.1, -0.05) is 24.3 Å². The highest BCUT2D eigenvalue weighted by Crippen LogP contribution is 2.45. The van der Waals surface area contributed by atoms with Gasteiger partial charge < -0.3 is 9.64 Å². The number of fused-ring (bicyclic) bond motifs is 1. The van der Waals surface area contributed by atoms with E-state index in [4.69, 9.17) is 4.74 Å². The third-order valence-corrected chi connectivity index (χ3v) is 5.40. The molecule has 1 fully saturated rings. The van der Waals surface area contributed by atoms with Crippen molar-refractivity contribution in [3.05, 3.63) is 65.2 Å². The highest BCUT2D eigenvalue weighted by molar-refractivity contribution is 6.01. The fourth-order valence-corrected chi connectivity index (χ4v) is 3.89. The summed E-state index contributed by atoms with van der Waals surface area (Å²) in [6.07, 6.45) is -3.96. The Kier molecular flexibility index (Phi) is 4.40. The molecule has 1 saturated heterocycles. The quantitative estimate of drug-likeness (QED) is 0.729. The lowest BCUT2D eigenvalue weighted by Crippen LogP contribution is -2.52. The van der Waals surface area contributed by atoms with Gasteiger partial charge in [0.25, 0.3) is 5.91 Å². The SMILES string of the molecule is O=C1CC2(CCN(C(=O)c3ccccc3)CC2)Oc2c1cccc2C(F)(F)F. The number of ether oxygens (including phenoxy) is 1. The molecule has 1 spiro atoms. The highest BCUT2D eigenvalue weighted by atomic mass is 19.4. The fourth-order valence-electron chi connectivity index (χ4n) is 3.89. The molecule has 146 valence electrons. The zero-order valence-electron chi connectivity index (χ0n) is 15.0. The second kappa shape index (κ2) is 6.65. The van der Waals surface area contributed by atoms with Gasteiger partial charge in [-0.2, -0.15) is 13.2 Å². The standard InChI is InChI=1S/C21H18F3NO3/c22-21(23,24)16-8-4-7-15-17(26)13-20(28-18(15)16)9-11-25(12-10-20)19(27)14-5-2-1-3-6-14/h1-8H,9-13H2. The number of ketones is 1. The molecule has 0 N–H and O–H groups in total. The Morgan fingerprint density at radius 3 is 2.32 bits per heavy atom. The molecular weight excluding hydrogens is 371 g/mol. The van der Waals surface area contributed by atoms with Gasteiger partial charge in [-0.15, -0.1) is 0 Å². The van der Waals surface area contributed by atoms with Crippen molar-refractivity contribution in [1.29, 1.82) is 0 Å². The molecule has 0 radical (unpaired) electrons. The molecule has 0 aromatic heterocycles. The molecule has 28 heavy (non-hydrogen) atoms. The van der Waals surface area contributed by atoms with Crippen LogP contribution in [0.25, 0.3) is 0 Å². The van der Waals surface area contributed by atoms with Crippen molar-refractivity contribution >= 4 is 11.7 Å². The number of hydrogen-bond donors (Lipinski definition) is 0. The second-order valence-electron chi connectivity index (χ2n) is 7.22. The molecule has 2 aromatic carbocycles. The Labute approximate surface area is 159 Å².